The molecule has 0 saturated heterocycles. The third-order valence-corrected chi connectivity index (χ3v) is 9.09. The van der Waals surface area contributed by atoms with E-state index < -0.39 is 40.0 Å². The van der Waals surface area contributed by atoms with Crippen molar-refractivity contribution in [2.24, 2.45) is 0 Å². The number of ether oxygens (including phenoxy) is 1. The van der Waals surface area contributed by atoms with E-state index in [-0.39, 0.29) is 23.1 Å². The standard InChI is InChI=1S/C32H37Cl2N3O6S/c1-5-6-7-11-20(2)19-43-35-31(38)29-28-23(12-10-15-27(28)42-3)32(39)37(30(29)22-17-16-21(33)18-24(22)34)26-14-9-8-13-25(26)36-44(4,40)41/h5-7,10-12,15-18,25-26,29-30,36H,1,8-9,13-14,19H2,2-4H3,(H,35,38)/b7-6-,20-11+/t25-,26-,29+,30-/m0/s1. The summed E-state index contributed by atoms with van der Waals surface area (Å²) in [6.45, 7) is 5.61. The minimum atomic E-state index is -3.60. The highest BCUT2D eigenvalue weighted by Gasteiger charge is 2.50. The Morgan fingerprint density at radius 2 is 1.91 bits per heavy atom. The number of benzene rings is 2. The smallest absolute Gasteiger partial charge is 0.255 e. The third kappa shape index (κ3) is 7.73. The van der Waals surface area contributed by atoms with Gasteiger partial charge in [0.05, 0.1) is 31.9 Å². The molecule has 1 fully saturated rings. The molecule has 1 saturated carbocycles. The lowest BCUT2D eigenvalue weighted by Gasteiger charge is -2.49. The highest BCUT2D eigenvalue weighted by Crippen LogP contribution is 2.50. The number of hydrogen-bond donors (Lipinski definition) is 2. The summed E-state index contributed by atoms with van der Waals surface area (Å²) < 4.78 is 33.2. The normalized spacial score (nSPS) is 22.5. The first-order valence-corrected chi connectivity index (χ1v) is 16.9. The Hall–Kier alpha value is -3.15. The van der Waals surface area contributed by atoms with Crippen molar-refractivity contribution in [3.05, 3.63) is 99.6 Å². The molecule has 0 aromatic heterocycles. The minimum absolute atomic E-state index is 0.108. The lowest BCUT2D eigenvalue weighted by molar-refractivity contribution is -0.136. The first-order chi connectivity index (χ1) is 21.0. The van der Waals surface area contributed by atoms with Gasteiger partial charge < -0.3 is 9.64 Å². The summed E-state index contributed by atoms with van der Waals surface area (Å²) in [5, 5.41) is 0.644. The quantitative estimate of drug-likeness (QED) is 0.230. The van der Waals surface area contributed by atoms with Gasteiger partial charge in [-0.1, -0.05) is 79.1 Å². The first-order valence-electron chi connectivity index (χ1n) is 14.2. The maximum absolute atomic E-state index is 14.5. The van der Waals surface area contributed by atoms with E-state index in [0.29, 0.717) is 34.7 Å². The Balaban J connectivity index is 1.87. The fourth-order valence-corrected chi connectivity index (χ4v) is 7.35. The number of fused-ring (bicyclic) bond motifs is 1. The highest BCUT2D eigenvalue weighted by atomic mass is 35.5. The average Bonchev–Trinajstić information content (AvgIpc) is 2.97. The lowest BCUT2D eigenvalue weighted by atomic mass is 9.76. The third-order valence-electron chi connectivity index (χ3n) is 7.79. The van der Waals surface area contributed by atoms with Crippen LogP contribution in [0.25, 0.3) is 0 Å². The number of nitrogens with zero attached hydrogens (tertiary/aromatic N) is 1. The van der Waals surface area contributed by atoms with Crippen LogP contribution in [0.4, 0.5) is 0 Å². The van der Waals surface area contributed by atoms with E-state index in [1.807, 2.05) is 19.1 Å². The number of allylic oxidation sites excluding steroid dienone is 4. The molecular formula is C32H37Cl2N3O6S. The first kappa shape index (κ1) is 33.7. The van der Waals surface area contributed by atoms with Crippen LogP contribution in [0.15, 0.2) is 72.9 Å². The number of methoxy groups -OCH3 is 1. The summed E-state index contributed by atoms with van der Waals surface area (Å²) in [4.78, 5) is 36.0. The molecule has 0 radical (unpaired) electrons. The molecule has 2 aliphatic rings. The molecule has 4 rings (SSSR count). The zero-order valence-electron chi connectivity index (χ0n) is 24.9. The molecule has 1 heterocycles. The summed E-state index contributed by atoms with van der Waals surface area (Å²) in [5.41, 5.74) is 4.58. The van der Waals surface area contributed by atoms with Gasteiger partial charge in [0.1, 0.15) is 5.75 Å². The Morgan fingerprint density at radius 1 is 1.16 bits per heavy atom. The van der Waals surface area contributed by atoms with Crippen molar-refractivity contribution in [3.8, 4) is 5.75 Å². The number of carbonyl (C=O) groups is 2. The van der Waals surface area contributed by atoms with Gasteiger partial charge in [-0.3, -0.25) is 14.4 Å². The molecule has 1 aliphatic carbocycles. The predicted octanol–water partition coefficient (Wildman–Crippen LogP) is 5.88. The van der Waals surface area contributed by atoms with Crippen LogP contribution in [-0.4, -0.2) is 57.2 Å². The SMILES string of the molecule is C=C/C=C\C=C(/C)CONC(=O)[C@@H]1c2c(OC)cccc2C(=O)N([C@H]2CCCC[C@@H]2NS(C)(=O)=O)[C@H]1c1ccc(Cl)cc1Cl. The molecular weight excluding hydrogens is 625 g/mol. The number of amides is 2. The van der Waals surface area contributed by atoms with Crippen LogP contribution in [0.3, 0.4) is 0 Å². The Labute approximate surface area is 268 Å². The topological polar surface area (TPSA) is 114 Å². The van der Waals surface area contributed by atoms with Crippen molar-refractivity contribution >= 4 is 45.0 Å². The number of sulfonamides is 1. The molecule has 4 atom stereocenters. The summed E-state index contributed by atoms with van der Waals surface area (Å²) >= 11 is 13.0. The van der Waals surface area contributed by atoms with Crippen molar-refractivity contribution in [1.29, 1.82) is 0 Å². The molecule has 9 nitrogen and oxygen atoms in total. The van der Waals surface area contributed by atoms with E-state index in [4.69, 9.17) is 32.8 Å². The fourth-order valence-electron chi connectivity index (χ4n) is 6.00. The number of carbonyl (C=O) groups excluding carboxylic acids is 2. The van der Waals surface area contributed by atoms with Crippen LogP contribution >= 0.6 is 23.2 Å². The van der Waals surface area contributed by atoms with Gasteiger partial charge in [0.2, 0.25) is 10.0 Å². The molecule has 2 aromatic rings. The van der Waals surface area contributed by atoms with Crippen LogP contribution in [0.2, 0.25) is 10.0 Å². The minimum Gasteiger partial charge on any atom is -0.496 e. The fraction of sp³-hybridized carbons (Fsp3) is 0.375. The van der Waals surface area contributed by atoms with Crippen LogP contribution < -0.4 is 14.9 Å². The van der Waals surface area contributed by atoms with E-state index in [0.717, 1.165) is 24.7 Å². The predicted molar refractivity (Wildman–Crippen MR) is 172 cm³/mol. The number of rotatable bonds is 11. The molecule has 2 amide bonds. The van der Waals surface area contributed by atoms with Gasteiger partial charge in [-0.15, -0.1) is 0 Å². The Bertz CT molecular complexity index is 1580. The van der Waals surface area contributed by atoms with E-state index in [1.54, 1.807) is 53.5 Å². The van der Waals surface area contributed by atoms with Crippen molar-refractivity contribution in [3.63, 3.8) is 0 Å². The number of nitrogens with one attached hydrogen (secondary N) is 2. The van der Waals surface area contributed by atoms with Crippen LogP contribution in [0, 0.1) is 0 Å². The zero-order chi connectivity index (χ0) is 32.0. The van der Waals surface area contributed by atoms with Gasteiger partial charge >= 0.3 is 0 Å². The highest BCUT2D eigenvalue weighted by molar-refractivity contribution is 7.88. The van der Waals surface area contributed by atoms with Gasteiger partial charge in [-0.25, -0.2) is 18.6 Å². The van der Waals surface area contributed by atoms with Gasteiger partial charge in [-0.05, 0) is 55.2 Å². The molecule has 0 spiro atoms. The molecule has 0 bridgehead atoms. The van der Waals surface area contributed by atoms with Crippen LogP contribution in [-0.2, 0) is 19.7 Å². The molecule has 1 aliphatic heterocycles. The van der Waals surface area contributed by atoms with Gasteiger partial charge in [-0.2, -0.15) is 0 Å². The van der Waals surface area contributed by atoms with Crippen molar-refractivity contribution in [2.45, 2.75) is 56.7 Å². The van der Waals surface area contributed by atoms with Crippen LogP contribution in [0.1, 0.15) is 66.1 Å². The van der Waals surface area contributed by atoms with Crippen molar-refractivity contribution < 1.29 is 27.6 Å². The molecule has 0 unspecified atom stereocenters. The molecule has 236 valence electrons. The second-order valence-electron chi connectivity index (χ2n) is 11.0. The van der Waals surface area contributed by atoms with Gasteiger partial charge in [0.15, 0.2) is 0 Å². The average molecular weight is 663 g/mol. The second-order valence-corrected chi connectivity index (χ2v) is 13.6. The molecule has 12 heteroatoms. The Kier molecular flexibility index (Phi) is 11.3. The van der Waals surface area contributed by atoms with Crippen molar-refractivity contribution in [2.75, 3.05) is 20.0 Å². The largest absolute Gasteiger partial charge is 0.496 e. The second kappa shape index (κ2) is 14.8. The van der Waals surface area contributed by atoms with Crippen LogP contribution in [0.5, 0.6) is 5.75 Å². The number of halogens is 2. The molecule has 2 N–H and O–H groups in total. The van der Waals surface area contributed by atoms with E-state index in [2.05, 4.69) is 16.8 Å². The van der Waals surface area contributed by atoms with Gasteiger partial charge in [0.25, 0.3) is 11.8 Å². The maximum Gasteiger partial charge on any atom is 0.255 e. The summed E-state index contributed by atoms with van der Waals surface area (Å²) in [6.07, 6.45) is 10.8. The lowest BCUT2D eigenvalue weighted by Crippen LogP contribution is -2.59. The summed E-state index contributed by atoms with van der Waals surface area (Å²) in [5.74, 6) is -1.57. The van der Waals surface area contributed by atoms with E-state index in [9.17, 15) is 18.0 Å². The number of hydrogen-bond acceptors (Lipinski definition) is 6. The van der Waals surface area contributed by atoms with Gasteiger partial charge in [0, 0.05) is 33.3 Å². The van der Waals surface area contributed by atoms with E-state index >= 15 is 0 Å². The molecule has 2 aromatic carbocycles. The molecule has 44 heavy (non-hydrogen) atoms. The maximum atomic E-state index is 14.5. The van der Waals surface area contributed by atoms with Crippen molar-refractivity contribution in [1.82, 2.24) is 15.1 Å². The monoisotopic (exact) mass is 661 g/mol. The van der Waals surface area contributed by atoms with E-state index in [1.165, 1.54) is 7.11 Å². The summed E-state index contributed by atoms with van der Waals surface area (Å²) in [7, 11) is -2.13. The Morgan fingerprint density at radius 3 is 2.59 bits per heavy atom. The zero-order valence-corrected chi connectivity index (χ0v) is 27.2. The number of hydroxylamine groups is 1. The summed E-state index contributed by atoms with van der Waals surface area (Å²) in [6, 6.07) is 7.84.